The molecule has 0 amide bonds. The molecule has 0 spiro atoms. The summed E-state index contributed by atoms with van der Waals surface area (Å²) in [5.41, 5.74) is 1.08. The molecule has 0 aliphatic carbocycles. The van der Waals surface area contributed by atoms with Crippen molar-refractivity contribution in [3.05, 3.63) is 16.1 Å². The van der Waals surface area contributed by atoms with Gasteiger partial charge >= 0.3 is 0 Å². The number of ether oxygens (including phenoxy) is 1. The maximum atomic E-state index is 5.01. The molecular formula is C12H22N4OS. The van der Waals surface area contributed by atoms with E-state index >= 15 is 0 Å². The first-order valence-corrected chi connectivity index (χ1v) is 6.94. The number of thiazole rings is 1. The average Bonchev–Trinajstić information content (AvgIpc) is 2.74. The van der Waals surface area contributed by atoms with Crippen LogP contribution < -0.4 is 5.32 Å². The highest BCUT2D eigenvalue weighted by Crippen LogP contribution is 2.09. The number of aliphatic imine (C=N–C) groups is 1. The summed E-state index contributed by atoms with van der Waals surface area (Å²) in [5, 5.41) is 6.45. The van der Waals surface area contributed by atoms with E-state index in [1.54, 1.807) is 18.4 Å². The van der Waals surface area contributed by atoms with Crippen LogP contribution >= 0.6 is 11.3 Å². The Bertz CT molecular complexity index is 378. The maximum Gasteiger partial charge on any atom is 0.194 e. The van der Waals surface area contributed by atoms with E-state index in [9.17, 15) is 0 Å². The number of aromatic nitrogens is 1. The van der Waals surface area contributed by atoms with Gasteiger partial charge in [-0.15, -0.1) is 11.3 Å². The Kier molecular flexibility index (Phi) is 6.67. The molecule has 0 aliphatic heterocycles. The average molecular weight is 270 g/mol. The van der Waals surface area contributed by atoms with Crippen molar-refractivity contribution < 1.29 is 4.74 Å². The summed E-state index contributed by atoms with van der Waals surface area (Å²) in [4.78, 5) is 11.0. The van der Waals surface area contributed by atoms with Crippen molar-refractivity contribution in [3.8, 4) is 0 Å². The minimum absolute atomic E-state index is 0.637. The highest BCUT2D eigenvalue weighted by atomic mass is 32.1. The van der Waals surface area contributed by atoms with Gasteiger partial charge in [0.05, 0.1) is 30.4 Å². The van der Waals surface area contributed by atoms with Crippen LogP contribution in [-0.4, -0.2) is 49.7 Å². The van der Waals surface area contributed by atoms with Gasteiger partial charge in [-0.3, -0.25) is 4.99 Å². The molecule has 5 nitrogen and oxygen atoms in total. The number of guanidine groups is 1. The Balaban J connectivity index is 2.58. The van der Waals surface area contributed by atoms with Crippen molar-refractivity contribution in [2.75, 3.05) is 33.9 Å². The summed E-state index contributed by atoms with van der Waals surface area (Å²) >= 11 is 1.67. The lowest BCUT2D eigenvalue weighted by molar-refractivity contribution is 0.207. The number of aryl methyl sites for hydroxylation is 1. The highest BCUT2D eigenvalue weighted by Gasteiger charge is 2.08. The molecule has 0 aliphatic rings. The summed E-state index contributed by atoms with van der Waals surface area (Å²) in [7, 11) is 3.70. The molecule has 0 atom stereocenters. The number of rotatable bonds is 6. The Morgan fingerprint density at radius 2 is 2.39 bits per heavy atom. The molecule has 0 saturated heterocycles. The van der Waals surface area contributed by atoms with E-state index in [1.165, 1.54) is 0 Å². The normalized spacial score (nSPS) is 11.7. The van der Waals surface area contributed by atoms with Gasteiger partial charge in [-0.25, -0.2) is 4.98 Å². The third kappa shape index (κ3) is 5.01. The lowest BCUT2D eigenvalue weighted by Crippen LogP contribution is -2.38. The first kappa shape index (κ1) is 14.9. The largest absolute Gasteiger partial charge is 0.383 e. The topological polar surface area (TPSA) is 49.8 Å². The van der Waals surface area contributed by atoms with Crippen LogP contribution in [0.25, 0.3) is 0 Å². The molecule has 0 radical (unpaired) electrons. The Labute approximate surface area is 113 Å². The molecule has 1 N–H and O–H groups in total. The zero-order valence-corrected chi connectivity index (χ0v) is 12.4. The fourth-order valence-corrected chi connectivity index (χ4v) is 2.12. The zero-order valence-electron chi connectivity index (χ0n) is 11.6. The number of hydrogen-bond acceptors (Lipinski definition) is 4. The van der Waals surface area contributed by atoms with E-state index in [0.29, 0.717) is 13.2 Å². The fraction of sp³-hybridized carbons (Fsp3) is 0.667. The summed E-state index contributed by atoms with van der Waals surface area (Å²) < 4.78 is 5.01. The van der Waals surface area contributed by atoms with Gasteiger partial charge in [-0.1, -0.05) is 0 Å². The molecule has 0 aromatic carbocycles. The number of nitrogens with one attached hydrogen (secondary N) is 1. The molecule has 1 aromatic heterocycles. The molecule has 6 heteroatoms. The van der Waals surface area contributed by atoms with E-state index in [0.717, 1.165) is 29.8 Å². The summed E-state index contributed by atoms with van der Waals surface area (Å²) in [5.74, 6) is 0.889. The van der Waals surface area contributed by atoms with Crippen LogP contribution in [0.1, 0.15) is 17.6 Å². The number of methoxy groups -OCH3 is 1. The smallest absolute Gasteiger partial charge is 0.194 e. The van der Waals surface area contributed by atoms with Gasteiger partial charge in [-0.05, 0) is 13.8 Å². The predicted octanol–water partition coefficient (Wildman–Crippen LogP) is 1.50. The van der Waals surface area contributed by atoms with Crippen LogP contribution in [0.2, 0.25) is 0 Å². The summed E-state index contributed by atoms with van der Waals surface area (Å²) in [6.45, 7) is 7.01. The quantitative estimate of drug-likeness (QED) is 0.483. The van der Waals surface area contributed by atoms with Gasteiger partial charge < -0.3 is 15.0 Å². The first-order valence-electron chi connectivity index (χ1n) is 6.06. The van der Waals surface area contributed by atoms with Crippen LogP contribution in [0.15, 0.2) is 10.4 Å². The van der Waals surface area contributed by atoms with E-state index in [1.807, 2.05) is 14.0 Å². The summed E-state index contributed by atoms with van der Waals surface area (Å²) in [6, 6.07) is 0. The molecule has 18 heavy (non-hydrogen) atoms. The third-order valence-electron chi connectivity index (χ3n) is 2.32. The molecule has 0 saturated carbocycles. The summed E-state index contributed by atoms with van der Waals surface area (Å²) in [6.07, 6.45) is 0. The molecular weight excluding hydrogens is 248 g/mol. The van der Waals surface area contributed by atoms with Crippen molar-refractivity contribution in [2.45, 2.75) is 20.4 Å². The number of hydrogen-bond donors (Lipinski definition) is 1. The lowest BCUT2D eigenvalue weighted by atomic mass is 10.4. The van der Waals surface area contributed by atoms with E-state index < -0.39 is 0 Å². The maximum absolute atomic E-state index is 5.01. The molecule has 1 heterocycles. The second-order valence-electron chi connectivity index (χ2n) is 3.94. The van der Waals surface area contributed by atoms with Crippen LogP contribution in [0.4, 0.5) is 0 Å². The van der Waals surface area contributed by atoms with Crippen molar-refractivity contribution in [1.29, 1.82) is 0 Å². The van der Waals surface area contributed by atoms with Crippen molar-refractivity contribution in [1.82, 2.24) is 15.2 Å². The molecule has 0 fully saturated rings. The van der Waals surface area contributed by atoms with E-state index in [2.05, 4.69) is 32.5 Å². The Morgan fingerprint density at radius 1 is 1.61 bits per heavy atom. The second-order valence-corrected chi connectivity index (χ2v) is 5.00. The lowest BCUT2D eigenvalue weighted by Gasteiger charge is -2.21. The fourth-order valence-electron chi connectivity index (χ4n) is 1.51. The van der Waals surface area contributed by atoms with Crippen molar-refractivity contribution in [3.63, 3.8) is 0 Å². The molecule has 0 unspecified atom stereocenters. The minimum Gasteiger partial charge on any atom is -0.383 e. The minimum atomic E-state index is 0.637. The highest BCUT2D eigenvalue weighted by molar-refractivity contribution is 7.09. The van der Waals surface area contributed by atoms with Crippen molar-refractivity contribution in [2.24, 2.45) is 4.99 Å². The standard InChI is InChI=1S/C12H22N4OS/c1-5-13-12(14-6-7-17-4)16(3)8-11-9-18-10(2)15-11/h9H,5-8H2,1-4H3,(H,13,14). The molecule has 1 aromatic rings. The third-order valence-corrected chi connectivity index (χ3v) is 3.14. The van der Waals surface area contributed by atoms with Gasteiger partial charge in [0.1, 0.15) is 0 Å². The van der Waals surface area contributed by atoms with Gasteiger partial charge in [-0.2, -0.15) is 0 Å². The molecule has 1 rings (SSSR count). The van der Waals surface area contributed by atoms with Gasteiger partial charge in [0, 0.05) is 26.1 Å². The monoisotopic (exact) mass is 270 g/mol. The van der Waals surface area contributed by atoms with Gasteiger partial charge in [0.15, 0.2) is 5.96 Å². The van der Waals surface area contributed by atoms with Gasteiger partial charge in [0.2, 0.25) is 0 Å². The SMILES string of the molecule is CCNC(=NCCOC)N(C)Cc1csc(C)n1. The van der Waals surface area contributed by atoms with Crippen LogP contribution in [0.5, 0.6) is 0 Å². The predicted molar refractivity (Wildman–Crippen MR) is 76.2 cm³/mol. The van der Waals surface area contributed by atoms with Crippen LogP contribution in [-0.2, 0) is 11.3 Å². The van der Waals surface area contributed by atoms with E-state index in [-0.39, 0.29) is 0 Å². The van der Waals surface area contributed by atoms with Crippen LogP contribution in [0.3, 0.4) is 0 Å². The first-order chi connectivity index (χ1) is 8.67. The zero-order chi connectivity index (χ0) is 13.4. The molecule has 0 bridgehead atoms. The Morgan fingerprint density at radius 3 is 2.94 bits per heavy atom. The Hall–Kier alpha value is -1.14. The van der Waals surface area contributed by atoms with E-state index in [4.69, 9.17) is 4.74 Å². The van der Waals surface area contributed by atoms with Crippen molar-refractivity contribution >= 4 is 17.3 Å². The number of nitrogens with zero attached hydrogens (tertiary/aromatic N) is 3. The van der Waals surface area contributed by atoms with Gasteiger partial charge in [0.25, 0.3) is 0 Å². The molecule has 102 valence electrons. The second kappa shape index (κ2) is 8.05. The van der Waals surface area contributed by atoms with Crippen LogP contribution in [0, 0.1) is 6.92 Å².